The van der Waals surface area contributed by atoms with Gasteiger partial charge in [0, 0.05) is 73.1 Å². The molecule has 1 N–H and O–H groups in total. The molecule has 2 aliphatic heterocycles. The van der Waals surface area contributed by atoms with Crippen molar-refractivity contribution in [2.24, 2.45) is 17.8 Å². The Morgan fingerprint density at radius 1 is 0.556 bits per heavy atom. The van der Waals surface area contributed by atoms with Crippen LogP contribution in [-0.4, -0.2) is 143 Å². The molecule has 0 aromatic heterocycles. The fourth-order valence-electron chi connectivity index (χ4n) is 12.1. The number of aromatic hydroxyl groups is 1. The number of ketones is 3. The van der Waals surface area contributed by atoms with Crippen LogP contribution in [0.1, 0.15) is 178 Å². The number of likely N-dealkylation sites (tertiary alicyclic amines) is 2. The number of hydrogen-bond acceptors (Lipinski definition) is 20. The van der Waals surface area contributed by atoms with Crippen LogP contribution in [0.3, 0.4) is 0 Å². The van der Waals surface area contributed by atoms with Gasteiger partial charge in [0.25, 0.3) is 6.47 Å². The topological polar surface area (TPSA) is 252 Å². The number of ether oxygens (including phenoxy) is 8. The summed E-state index contributed by atoms with van der Waals surface area (Å²) in [6, 6.07) is 32.1. The maximum atomic E-state index is 13.3. The molecule has 5 aromatic rings. The average molecular weight is 1490 g/mol. The molecule has 0 radical (unpaired) electrons. The van der Waals surface area contributed by atoms with E-state index in [1.54, 1.807) is 40.2 Å². The number of esters is 3. The van der Waals surface area contributed by atoms with Crippen molar-refractivity contribution in [1.82, 2.24) is 9.80 Å². The Kier molecular flexibility index (Phi) is 45.4. The van der Waals surface area contributed by atoms with E-state index < -0.39 is 0 Å². The second-order valence-corrected chi connectivity index (χ2v) is 24.8. The molecular formula is C76H101BrK2N2O18. The number of aryl methyl sites for hydroxylation is 2. The maximum absolute atomic E-state index is 13.3. The van der Waals surface area contributed by atoms with Crippen LogP contribution in [0.2, 0.25) is 0 Å². The summed E-state index contributed by atoms with van der Waals surface area (Å²) in [6.07, 6.45) is 13.9. The molecule has 2 fully saturated rings. The molecule has 2 saturated heterocycles. The number of phenolic OH excluding ortho intramolecular Hbond substituents is 1. The molecule has 20 nitrogen and oxygen atoms in total. The maximum Gasteiger partial charge on any atom is 1.00 e. The van der Waals surface area contributed by atoms with Gasteiger partial charge in [-0.15, -0.1) is 0 Å². The molecule has 0 saturated carbocycles. The SMILES string of the molecule is CCC1CCN(Cc2ccccc2)CC1.CCOC(=O)CCCBr.CCOC(=O)CCCOc1cc2c(cc1OC)CC(CC1CCN(Cc3ccccc3)CC1)C2=O.CCOC(=O)CCCOc1cc2c(cc1OC)CCC2=O.COc1cc2c(cc1O)C(=O)CC2.O=CO[O-].[H-].[K+].[K+]. The van der Waals surface area contributed by atoms with Crippen LogP contribution >= 0.6 is 15.9 Å². The number of fused-ring (bicyclic) bond motifs is 3. The van der Waals surface area contributed by atoms with E-state index in [9.17, 15) is 33.9 Å². The Balaban J connectivity index is 0.000000448. The summed E-state index contributed by atoms with van der Waals surface area (Å²) in [4.78, 5) is 85.9. The number of methoxy groups -OCH3 is 3. The Labute approximate surface area is 680 Å². The van der Waals surface area contributed by atoms with Crippen LogP contribution in [0.4, 0.5) is 0 Å². The second-order valence-electron chi connectivity index (χ2n) is 24.0. The summed E-state index contributed by atoms with van der Waals surface area (Å²) >= 11 is 3.22. The first-order valence-electron chi connectivity index (χ1n) is 34.0. The van der Waals surface area contributed by atoms with E-state index >= 15 is 0 Å². The van der Waals surface area contributed by atoms with Gasteiger partial charge in [-0.25, -0.2) is 0 Å². The summed E-state index contributed by atoms with van der Waals surface area (Å²) in [5, 5.41) is 18.7. The van der Waals surface area contributed by atoms with Gasteiger partial charge in [-0.1, -0.05) is 89.9 Å². The third kappa shape index (κ3) is 31.5. The fraction of sp³-hybridized carbons (Fsp3) is 0.513. The largest absolute Gasteiger partial charge is 1.00 e. The number of halogens is 1. The third-order valence-corrected chi connectivity index (χ3v) is 17.8. The van der Waals surface area contributed by atoms with Gasteiger partial charge >= 0.3 is 121 Å². The van der Waals surface area contributed by atoms with E-state index in [-0.39, 0.29) is 158 Å². The number of carbonyl (C=O) groups is 7. The molecule has 0 bridgehead atoms. The van der Waals surface area contributed by atoms with Crippen LogP contribution in [0, 0.1) is 17.8 Å². The third-order valence-electron chi connectivity index (χ3n) is 17.3. The molecular weight excluding hydrogens is 1390 g/mol. The summed E-state index contributed by atoms with van der Waals surface area (Å²) in [7, 11) is 4.69. The quantitative estimate of drug-likeness (QED) is 0.00835. The number of Topliss-reactive ketones (excluding diaryl/α,β-unsaturated/α-hetero) is 3. The first-order valence-corrected chi connectivity index (χ1v) is 35.1. The molecule has 1 unspecified atom stereocenters. The fourth-order valence-corrected chi connectivity index (χ4v) is 12.4. The number of piperidine rings is 2. The van der Waals surface area contributed by atoms with Crippen LogP contribution in [0.25, 0.3) is 0 Å². The Hall–Kier alpha value is -4.58. The second kappa shape index (κ2) is 50.7. The molecule has 5 aromatic carbocycles. The molecule has 0 spiro atoms. The number of benzene rings is 5. The number of rotatable bonds is 27. The van der Waals surface area contributed by atoms with Crippen molar-refractivity contribution in [2.45, 2.75) is 150 Å². The molecule has 2 heterocycles. The van der Waals surface area contributed by atoms with Gasteiger partial charge in [0.15, 0.2) is 51.8 Å². The average Bonchev–Trinajstić information content (AvgIpc) is 1.64. The van der Waals surface area contributed by atoms with Crippen LogP contribution < -0.4 is 132 Å². The number of nitrogens with zero attached hydrogens (tertiary/aromatic N) is 2. The summed E-state index contributed by atoms with van der Waals surface area (Å²) in [6.45, 7) is 16.4. The molecule has 5 aliphatic rings. The minimum atomic E-state index is -0.225. The van der Waals surface area contributed by atoms with Crippen molar-refractivity contribution in [1.29, 1.82) is 0 Å². The zero-order valence-corrected chi connectivity index (χ0v) is 67.5. The molecule has 23 heteroatoms. The van der Waals surface area contributed by atoms with Gasteiger partial charge < -0.3 is 54.6 Å². The first kappa shape index (κ1) is 88.6. The summed E-state index contributed by atoms with van der Waals surface area (Å²) in [5.74, 6) is 4.40. The first-order chi connectivity index (χ1) is 47.0. The monoisotopic (exact) mass is 1490 g/mol. The van der Waals surface area contributed by atoms with Gasteiger partial charge in [-0.05, 0) is 194 Å². The Morgan fingerprint density at radius 3 is 1.37 bits per heavy atom. The van der Waals surface area contributed by atoms with E-state index in [2.05, 4.69) is 103 Å². The zero-order valence-electron chi connectivity index (χ0n) is 60.7. The van der Waals surface area contributed by atoms with Crippen molar-refractivity contribution in [2.75, 3.05) is 85.9 Å². The van der Waals surface area contributed by atoms with Crippen LogP contribution in [0.15, 0.2) is 97.1 Å². The van der Waals surface area contributed by atoms with Crippen molar-refractivity contribution < 1.29 is 191 Å². The van der Waals surface area contributed by atoms with Crippen molar-refractivity contribution >= 4 is 57.7 Å². The van der Waals surface area contributed by atoms with Crippen molar-refractivity contribution in [3.05, 3.63) is 142 Å². The van der Waals surface area contributed by atoms with Gasteiger partial charge in [-0.2, -0.15) is 0 Å². The van der Waals surface area contributed by atoms with E-state index in [1.807, 2.05) is 25.1 Å². The molecule has 99 heavy (non-hydrogen) atoms. The molecule has 10 rings (SSSR count). The molecule has 0 amide bonds. The minimum absolute atomic E-state index is 0. The van der Waals surface area contributed by atoms with Gasteiger partial charge in [0.2, 0.25) is 0 Å². The van der Waals surface area contributed by atoms with Gasteiger partial charge in [0.1, 0.15) is 0 Å². The number of hydrogen-bond donors (Lipinski definition) is 1. The molecule has 3 aliphatic carbocycles. The van der Waals surface area contributed by atoms with E-state index in [0.717, 1.165) is 110 Å². The minimum Gasteiger partial charge on any atom is -1.00 e. The predicted octanol–water partition coefficient (Wildman–Crippen LogP) is 6.74. The van der Waals surface area contributed by atoms with Crippen LogP contribution in [-0.2, 0) is 70.6 Å². The van der Waals surface area contributed by atoms with Crippen molar-refractivity contribution in [3.63, 3.8) is 0 Å². The zero-order chi connectivity index (χ0) is 70.3. The molecule has 1 atom stereocenters. The standard InChI is InChI=1S/C29H37NO5.C16H20O5.C14H21N.C10H10O3.C6H11BrO2.CH2O3.2K.H/c1-3-34-28(31)10-7-15-35-27-19-25-23(18-26(27)33-2)17-24(29(25)32)16-21-11-13-30(14-12-21)20-22-8-5-4-6-9-22;1-3-20-16(18)5-4-8-21-15-10-12-11(6-7-13(12)17)9-14(15)19-2;1-2-13-8-10-15(11-9-13)12-14-6-4-3-5-7-14;1-13-10-4-6-2-3-8(11)7(6)5-9(10)12;1-2-9-6(8)4-3-5-7;2-1-4-3;;;/h4-6,8-9,18-19,21,24H,3,7,10-17,20H2,1-2H3;9-10H,3-8H2,1-2H3;3-7,13H,2,8-12H2,1H3;4-5,12H,2-3H2,1H3;2-5H2,1H3;1,3H;;;/q;;;;;;2*+1;-1/p-1. The van der Waals surface area contributed by atoms with E-state index in [1.165, 1.54) is 56.7 Å². The number of carbonyl (C=O) groups excluding carboxylic acids is 7. The van der Waals surface area contributed by atoms with Gasteiger partial charge in [0.05, 0.1) is 54.4 Å². The van der Waals surface area contributed by atoms with Gasteiger partial charge in [-0.3, -0.25) is 43.4 Å². The normalized spacial score (nSPS) is 15.1. The number of alkyl halides is 1. The number of phenols is 1. The Bertz CT molecular complexity index is 3240. The van der Waals surface area contributed by atoms with E-state index in [4.69, 9.17) is 43.2 Å². The smallest absolute Gasteiger partial charge is 1.00 e. The van der Waals surface area contributed by atoms with Crippen molar-refractivity contribution in [3.8, 4) is 34.5 Å². The molecule has 532 valence electrons. The summed E-state index contributed by atoms with van der Waals surface area (Å²) in [5.41, 5.74) is 7.97. The van der Waals surface area contributed by atoms with Crippen LogP contribution in [0.5, 0.6) is 34.5 Å². The Morgan fingerprint density at radius 2 is 0.960 bits per heavy atom. The summed E-state index contributed by atoms with van der Waals surface area (Å²) < 4.78 is 41.8. The van der Waals surface area contributed by atoms with E-state index in [0.29, 0.717) is 118 Å². The predicted molar refractivity (Wildman–Crippen MR) is 372 cm³/mol.